The average Bonchev–Trinajstić information content (AvgIpc) is 2.54. The lowest BCUT2D eigenvalue weighted by atomic mass is 10.2. The summed E-state index contributed by atoms with van der Waals surface area (Å²) in [5.41, 5.74) is 0.313. The van der Waals surface area contributed by atoms with Crippen LogP contribution in [0.3, 0.4) is 0 Å². The number of nitrogens with one attached hydrogen (secondary N) is 1. The number of aliphatic hydroxyl groups is 1. The van der Waals surface area contributed by atoms with Gasteiger partial charge in [-0.25, -0.2) is 9.59 Å². The maximum Gasteiger partial charge on any atom is 0.410 e. The van der Waals surface area contributed by atoms with Crippen molar-refractivity contribution >= 4 is 12.2 Å². The summed E-state index contributed by atoms with van der Waals surface area (Å²) in [6, 6.07) is 9.38. The number of carbonyl (C=O) groups is 2. The molecule has 2 amide bonds. The van der Waals surface area contributed by atoms with Gasteiger partial charge in [-0.3, -0.25) is 0 Å². The molecule has 0 saturated heterocycles. The second-order valence-electron chi connectivity index (χ2n) is 7.09. The summed E-state index contributed by atoms with van der Waals surface area (Å²) in [6.07, 6.45) is -1.13. The molecule has 0 radical (unpaired) electrons. The Hall–Kier alpha value is -2.28. The van der Waals surface area contributed by atoms with E-state index in [4.69, 9.17) is 9.47 Å². The minimum absolute atomic E-state index is 0.171. The summed E-state index contributed by atoms with van der Waals surface area (Å²) in [4.78, 5) is 25.5. The van der Waals surface area contributed by atoms with Gasteiger partial charge in [-0.1, -0.05) is 30.3 Å². The van der Waals surface area contributed by atoms with E-state index >= 15 is 0 Å². The van der Waals surface area contributed by atoms with E-state index in [1.807, 2.05) is 30.3 Å². The lowest BCUT2D eigenvalue weighted by Crippen LogP contribution is -2.41. The highest BCUT2D eigenvalue weighted by atomic mass is 16.6. The summed E-state index contributed by atoms with van der Waals surface area (Å²) < 4.78 is 10.5. The molecule has 0 aromatic heterocycles. The van der Waals surface area contributed by atoms with Gasteiger partial charge in [-0.2, -0.15) is 0 Å². The Labute approximate surface area is 155 Å². The number of benzene rings is 1. The van der Waals surface area contributed by atoms with Crippen molar-refractivity contribution in [3.8, 4) is 0 Å². The molecule has 0 saturated carbocycles. The number of hydrogen-bond donors (Lipinski definition) is 2. The van der Waals surface area contributed by atoms with Crippen molar-refractivity contribution in [3.63, 3.8) is 0 Å². The molecular formula is C19H30N2O5. The van der Waals surface area contributed by atoms with Crippen LogP contribution in [0.2, 0.25) is 0 Å². The highest BCUT2D eigenvalue weighted by molar-refractivity contribution is 5.69. The van der Waals surface area contributed by atoms with Gasteiger partial charge in [0.1, 0.15) is 12.2 Å². The third-order valence-corrected chi connectivity index (χ3v) is 3.33. The minimum Gasteiger partial charge on any atom is -0.445 e. The first-order valence-electron chi connectivity index (χ1n) is 8.78. The van der Waals surface area contributed by atoms with Crippen molar-refractivity contribution in [2.75, 3.05) is 19.6 Å². The maximum atomic E-state index is 12.3. The van der Waals surface area contributed by atoms with Gasteiger partial charge in [0.25, 0.3) is 0 Å². The molecule has 0 fully saturated rings. The zero-order valence-corrected chi connectivity index (χ0v) is 16.0. The first-order valence-corrected chi connectivity index (χ1v) is 8.78. The van der Waals surface area contributed by atoms with Crippen LogP contribution in [0.5, 0.6) is 0 Å². The predicted octanol–water partition coefficient (Wildman–Crippen LogP) is 2.92. The fourth-order valence-electron chi connectivity index (χ4n) is 2.05. The van der Waals surface area contributed by atoms with Gasteiger partial charge in [-0.05, 0) is 39.7 Å². The highest BCUT2D eigenvalue weighted by Crippen LogP contribution is 2.07. The topological polar surface area (TPSA) is 88.1 Å². The summed E-state index contributed by atoms with van der Waals surface area (Å²) in [5.74, 6) is 0. The van der Waals surface area contributed by atoms with Crippen LogP contribution in [-0.2, 0) is 16.1 Å². The Morgan fingerprint density at radius 3 is 2.42 bits per heavy atom. The molecule has 1 aromatic carbocycles. The third-order valence-electron chi connectivity index (χ3n) is 3.33. The van der Waals surface area contributed by atoms with E-state index in [1.54, 1.807) is 27.7 Å². The van der Waals surface area contributed by atoms with E-state index in [0.29, 0.717) is 13.0 Å². The van der Waals surface area contributed by atoms with Crippen LogP contribution in [0, 0.1) is 0 Å². The number of carbonyl (C=O) groups excluding carboxylic acids is 2. The number of ether oxygens (including phenoxy) is 2. The van der Waals surface area contributed by atoms with Gasteiger partial charge in [0, 0.05) is 19.6 Å². The molecule has 1 aromatic rings. The first kappa shape index (κ1) is 21.8. The Morgan fingerprint density at radius 1 is 1.19 bits per heavy atom. The van der Waals surface area contributed by atoms with E-state index in [2.05, 4.69) is 5.32 Å². The van der Waals surface area contributed by atoms with Crippen LogP contribution in [0.25, 0.3) is 0 Å². The Balaban J connectivity index is 2.49. The van der Waals surface area contributed by atoms with Gasteiger partial charge >= 0.3 is 12.2 Å². The molecule has 1 rings (SSSR count). The molecule has 0 heterocycles. The number of aliphatic hydroxyl groups excluding tert-OH is 1. The van der Waals surface area contributed by atoms with Crippen LogP contribution >= 0.6 is 0 Å². The molecule has 0 bridgehead atoms. The molecule has 2 N–H and O–H groups in total. The van der Waals surface area contributed by atoms with E-state index in [1.165, 1.54) is 4.90 Å². The summed E-state index contributed by atoms with van der Waals surface area (Å²) >= 11 is 0. The molecule has 0 spiro atoms. The van der Waals surface area contributed by atoms with Crippen molar-refractivity contribution in [2.45, 2.75) is 52.4 Å². The molecule has 26 heavy (non-hydrogen) atoms. The smallest absolute Gasteiger partial charge is 0.410 e. The maximum absolute atomic E-state index is 12.3. The van der Waals surface area contributed by atoms with Gasteiger partial charge in [0.2, 0.25) is 0 Å². The fraction of sp³-hybridized carbons (Fsp3) is 0.579. The molecule has 146 valence electrons. The SMILES string of the molecule is CC(O)CCN(CCNC(=O)OC(C)(C)C)C(=O)OCc1ccccc1. The number of hydrogen-bond acceptors (Lipinski definition) is 5. The van der Waals surface area contributed by atoms with E-state index < -0.39 is 23.9 Å². The lowest BCUT2D eigenvalue weighted by Gasteiger charge is -2.24. The Bertz CT molecular complexity index is 555. The molecule has 7 heteroatoms. The standard InChI is InChI=1S/C19H30N2O5/c1-15(22)10-12-21(13-11-20-17(23)26-19(2,3)4)18(24)25-14-16-8-6-5-7-9-16/h5-9,15,22H,10-14H2,1-4H3,(H,20,23). The van der Waals surface area contributed by atoms with Gasteiger partial charge in [-0.15, -0.1) is 0 Å². The lowest BCUT2D eigenvalue weighted by molar-refractivity contribution is 0.0511. The molecule has 1 unspecified atom stereocenters. The van der Waals surface area contributed by atoms with Crippen LogP contribution in [0.1, 0.15) is 39.7 Å². The van der Waals surface area contributed by atoms with E-state index in [9.17, 15) is 14.7 Å². The molecule has 1 atom stereocenters. The van der Waals surface area contributed by atoms with Crippen molar-refractivity contribution in [1.82, 2.24) is 10.2 Å². The number of alkyl carbamates (subject to hydrolysis) is 1. The summed E-state index contributed by atoms with van der Waals surface area (Å²) in [6.45, 7) is 8.00. The minimum atomic E-state index is -0.579. The predicted molar refractivity (Wildman–Crippen MR) is 98.7 cm³/mol. The molecular weight excluding hydrogens is 336 g/mol. The Morgan fingerprint density at radius 2 is 1.85 bits per heavy atom. The van der Waals surface area contributed by atoms with Gasteiger partial charge < -0.3 is 24.8 Å². The van der Waals surface area contributed by atoms with Crippen LogP contribution < -0.4 is 5.32 Å². The molecule has 7 nitrogen and oxygen atoms in total. The van der Waals surface area contributed by atoms with Crippen LogP contribution in [0.4, 0.5) is 9.59 Å². The molecule has 0 aliphatic heterocycles. The number of amides is 2. The molecule has 0 aliphatic carbocycles. The normalized spacial score (nSPS) is 12.2. The second-order valence-corrected chi connectivity index (χ2v) is 7.09. The zero-order chi connectivity index (χ0) is 19.6. The van der Waals surface area contributed by atoms with Crippen molar-refractivity contribution in [1.29, 1.82) is 0 Å². The number of nitrogens with zero attached hydrogens (tertiary/aromatic N) is 1. The quantitative estimate of drug-likeness (QED) is 0.738. The largest absolute Gasteiger partial charge is 0.445 e. The third kappa shape index (κ3) is 9.88. The van der Waals surface area contributed by atoms with Gasteiger partial charge in [0.15, 0.2) is 0 Å². The van der Waals surface area contributed by atoms with Crippen molar-refractivity contribution in [3.05, 3.63) is 35.9 Å². The Kier molecular flexibility index (Phi) is 8.92. The van der Waals surface area contributed by atoms with E-state index in [-0.39, 0.29) is 19.7 Å². The molecule has 0 aliphatic rings. The number of rotatable bonds is 8. The summed E-state index contributed by atoms with van der Waals surface area (Å²) in [7, 11) is 0. The zero-order valence-electron chi connectivity index (χ0n) is 16.0. The second kappa shape index (κ2) is 10.7. The fourth-order valence-corrected chi connectivity index (χ4v) is 2.05. The van der Waals surface area contributed by atoms with Gasteiger partial charge in [0.05, 0.1) is 6.10 Å². The van der Waals surface area contributed by atoms with E-state index in [0.717, 1.165) is 5.56 Å². The first-order chi connectivity index (χ1) is 12.2. The monoisotopic (exact) mass is 366 g/mol. The van der Waals surface area contributed by atoms with Crippen LogP contribution in [0.15, 0.2) is 30.3 Å². The van der Waals surface area contributed by atoms with Crippen LogP contribution in [-0.4, -0.2) is 53.5 Å². The average molecular weight is 366 g/mol. The highest BCUT2D eigenvalue weighted by Gasteiger charge is 2.18. The van der Waals surface area contributed by atoms with Crippen molar-refractivity contribution < 1.29 is 24.2 Å². The van der Waals surface area contributed by atoms with Crippen molar-refractivity contribution in [2.24, 2.45) is 0 Å². The summed E-state index contributed by atoms with van der Waals surface area (Å²) in [5, 5.41) is 12.1.